The second-order valence-electron chi connectivity index (χ2n) is 10.3. The second kappa shape index (κ2) is 11.0. The minimum absolute atomic E-state index is 0.0157. The van der Waals surface area contributed by atoms with Gasteiger partial charge in [-0.3, -0.25) is 9.59 Å². The molecule has 3 N–H and O–H groups in total. The number of hydrogen-bond donors (Lipinski definition) is 2. The Labute approximate surface area is 235 Å². The molecule has 0 saturated carbocycles. The molecule has 0 unspecified atom stereocenters. The molecule has 0 atom stereocenters. The summed E-state index contributed by atoms with van der Waals surface area (Å²) in [6, 6.07) is 13.0. The number of nitrogens with one attached hydrogen (secondary N) is 1. The van der Waals surface area contributed by atoms with E-state index in [9.17, 15) is 14.0 Å². The van der Waals surface area contributed by atoms with Gasteiger partial charge < -0.3 is 24.9 Å². The number of nitrogens with zero attached hydrogens (tertiary/aromatic N) is 4. The summed E-state index contributed by atoms with van der Waals surface area (Å²) >= 11 is 0. The molecule has 1 aliphatic rings. The first-order valence-electron chi connectivity index (χ1n) is 13.4. The van der Waals surface area contributed by atoms with E-state index in [1.54, 1.807) is 36.7 Å². The quantitative estimate of drug-likeness (QED) is 0.311. The number of carbonyl (C=O) groups excluding carboxylic acids is 1. The number of hydrogen-bond acceptors (Lipinski definition) is 6. The molecular weight excluding hydrogens is 523 g/mol. The maximum absolute atomic E-state index is 13.6. The molecular formula is C31H29FN6O3. The Balaban J connectivity index is 1.30. The highest BCUT2D eigenvalue weighted by Crippen LogP contribution is 2.32. The highest BCUT2D eigenvalue weighted by atomic mass is 19.1. The maximum atomic E-state index is 13.6. The van der Waals surface area contributed by atoms with Crippen LogP contribution in [-0.4, -0.2) is 38.2 Å². The van der Waals surface area contributed by atoms with Crippen molar-refractivity contribution in [1.29, 1.82) is 0 Å². The Morgan fingerprint density at radius 2 is 1.68 bits per heavy atom. The average molecular weight is 553 g/mol. The lowest BCUT2D eigenvalue weighted by molar-refractivity contribution is 0.0612. The number of fused-ring (bicyclic) bond motifs is 1. The molecule has 0 spiro atoms. The van der Waals surface area contributed by atoms with Crippen molar-refractivity contribution in [3.05, 3.63) is 95.1 Å². The number of amides is 1. The summed E-state index contributed by atoms with van der Waals surface area (Å²) in [7, 11) is 1.89. The lowest BCUT2D eigenvalue weighted by atomic mass is 9.99. The van der Waals surface area contributed by atoms with E-state index in [-0.39, 0.29) is 5.56 Å². The number of aryl methyl sites for hydroxylation is 1. The first-order chi connectivity index (χ1) is 19.9. The van der Waals surface area contributed by atoms with Crippen LogP contribution in [0.4, 0.5) is 15.9 Å². The van der Waals surface area contributed by atoms with Crippen LogP contribution < -0.4 is 16.5 Å². The van der Waals surface area contributed by atoms with Crippen LogP contribution in [0.5, 0.6) is 0 Å². The predicted molar refractivity (Wildman–Crippen MR) is 156 cm³/mol. The van der Waals surface area contributed by atoms with Gasteiger partial charge in [0, 0.05) is 62.2 Å². The first-order valence-corrected chi connectivity index (χ1v) is 13.4. The van der Waals surface area contributed by atoms with E-state index >= 15 is 0 Å². The fraction of sp³-hybridized carbons (Fsp3) is 0.226. The standard InChI is InChI=1S/C31H29FN6O3/c1-37-15-24(27-29(33)34-18-35-30(27)37)20-4-8-23(9-5-20)36-31(40)26-17-38(14-19-10-12-41-13-11-19)16-25(28(26)39)21-2-6-22(32)7-3-21/h2-9,15-19H,10-14H2,1H3,(H,36,40)(H2,33,34,35). The van der Waals surface area contributed by atoms with Crippen molar-refractivity contribution in [1.82, 2.24) is 19.1 Å². The van der Waals surface area contributed by atoms with Crippen LogP contribution in [0.15, 0.2) is 78.2 Å². The smallest absolute Gasteiger partial charge is 0.261 e. The molecule has 1 saturated heterocycles. The Morgan fingerprint density at radius 1 is 1.00 bits per heavy atom. The van der Waals surface area contributed by atoms with Crippen molar-refractivity contribution in [3.8, 4) is 22.3 Å². The highest BCUT2D eigenvalue weighted by molar-refractivity contribution is 6.05. The largest absolute Gasteiger partial charge is 0.383 e. The minimum atomic E-state index is -0.518. The minimum Gasteiger partial charge on any atom is -0.383 e. The van der Waals surface area contributed by atoms with Crippen molar-refractivity contribution in [2.75, 3.05) is 24.3 Å². The zero-order chi connectivity index (χ0) is 28.5. The summed E-state index contributed by atoms with van der Waals surface area (Å²) in [5.41, 5.74) is 9.65. The van der Waals surface area contributed by atoms with Gasteiger partial charge in [-0.1, -0.05) is 24.3 Å². The van der Waals surface area contributed by atoms with Gasteiger partial charge in [-0.05, 0) is 54.2 Å². The summed E-state index contributed by atoms with van der Waals surface area (Å²) in [6.45, 7) is 2.03. The molecule has 5 aromatic rings. The van der Waals surface area contributed by atoms with Crippen molar-refractivity contribution in [2.45, 2.75) is 19.4 Å². The second-order valence-corrected chi connectivity index (χ2v) is 10.3. The molecule has 1 fully saturated rings. The van der Waals surface area contributed by atoms with Crippen molar-refractivity contribution >= 4 is 28.4 Å². The molecule has 41 heavy (non-hydrogen) atoms. The van der Waals surface area contributed by atoms with Gasteiger partial charge in [0.25, 0.3) is 5.91 Å². The van der Waals surface area contributed by atoms with Crippen molar-refractivity contribution < 1.29 is 13.9 Å². The topological polar surface area (TPSA) is 117 Å². The van der Waals surface area contributed by atoms with Crippen LogP contribution >= 0.6 is 0 Å². The van der Waals surface area contributed by atoms with Crippen LogP contribution in [0.2, 0.25) is 0 Å². The number of aromatic nitrogens is 4. The van der Waals surface area contributed by atoms with Gasteiger partial charge >= 0.3 is 0 Å². The summed E-state index contributed by atoms with van der Waals surface area (Å²) in [4.78, 5) is 35.4. The third-order valence-electron chi connectivity index (χ3n) is 7.53. The van der Waals surface area contributed by atoms with Gasteiger partial charge in [0.2, 0.25) is 5.43 Å². The fourth-order valence-corrected chi connectivity index (χ4v) is 5.35. The number of carbonyl (C=O) groups is 1. The van der Waals surface area contributed by atoms with Gasteiger partial charge in [0.05, 0.1) is 5.39 Å². The first kappa shape index (κ1) is 26.4. The summed E-state index contributed by atoms with van der Waals surface area (Å²) in [6.07, 6.45) is 8.53. The zero-order valence-electron chi connectivity index (χ0n) is 22.5. The fourth-order valence-electron chi connectivity index (χ4n) is 5.35. The van der Waals surface area contributed by atoms with Gasteiger partial charge in [-0.2, -0.15) is 0 Å². The molecule has 208 valence electrons. The van der Waals surface area contributed by atoms with Crippen LogP contribution in [0.3, 0.4) is 0 Å². The zero-order valence-corrected chi connectivity index (χ0v) is 22.5. The number of benzene rings is 2. The van der Waals surface area contributed by atoms with E-state index in [0.717, 1.165) is 35.0 Å². The lowest BCUT2D eigenvalue weighted by Crippen LogP contribution is -2.26. The molecule has 2 aromatic carbocycles. The Bertz CT molecular complexity index is 1790. The van der Waals surface area contributed by atoms with Crippen LogP contribution in [0, 0.1) is 11.7 Å². The molecule has 6 rings (SSSR count). The van der Waals surface area contributed by atoms with Gasteiger partial charge in [0.1, 0.15) is 29.2 Å². The molecule has 0 radical (unpaired) electrons. The molecule has 3 aromatic heterocycles. The normalized spacial score (nSPS) is 13.9. The number of ether oxygens (including phenoxy) is 1. The number of nitrogen functional groups attached to an aromatic ring is 1. The molecule has 10 heteroatoms. The predicted octanol–water partition coefficient (Wildman–Crippen LogP) is 4.86. The van der Waals surface area contributed by atoms with Gasteiger partial charge in [0.15, 0.2) is 0 Å². The Kier molecular flexibility index (Phi) is 7.07. The number of rotatable bonds is 6. The SMILES string of the molecule is Cn1cc(-c2ccc(NC(=O)c3cn(CC4CCOCC4)cc(-c4ccc(F)cc4)c3=O)cc2)c2c(N)ncnc21. The van der Waals surface area contributed by atoms with E-state index in [1.807, 2.05) is 34.5 Å². The van der Waals surface area contributed by atoms with Crippen LogP contribution in [-0.2, 0) is 18.3 Å². The molecule has 0 bridgehead atoms. The number of pyridine rings is 1. The van der Waals surface area contributed by atoms with E-state index in [2.05, 4.69) is 15.3 Å². The van der Waals surface area contributed by atoms with Gasteiger partial charge in [-0.15, -0.1) is 0 Å². The van der Waals surface area contributed by atoms with E-state index in [0.29, 0.717) is 48.3 Å². The third-order valence-corrected chi connectivity index (χ3v) is 7.53. The van der Waals surface area contributed by atoms with Crippen molar-refractivity contribution in [2.24, 2.45) is 13.0 Å². The molecule has 4 heterocycles. The third kappa shape index (κ3) is 5.33. The van der Waals surface area contributed by atoms with Crippen molar-refractivity contribution in [3.63, 3.8) is 0 Å². The van der Waals surface area contributed by atoms with E-state index in [1.165, 1.54) is 18.5 Å². The van der Waals surface area contributed by atoms with Crippen LogP contribution in [0.25, 0.3) is 33.3 Å². The molecule has 0 aliphatic carbocycles. The van der Waals surface area contributed by atoms with E-state index < -0.39 is 17.2 Å². The average Bonchev–Trinajstić information content (AvgIpc) is 3.32. The molecule has 1 amide bonds. The summed E-state index contributed by atoms with van der Waals surface area (Å²) in [5.74, 6) is -0.159. The number of nitrogens with two attached hydrogens (primary N) is 1. The Morgan fingerprint density at radius 3 is 2.41 bits per heavy atom. The van der Waals surface area contributed by atoms with E-state index in [4.69, 9.17) is 10.5 Å². The Hall–Kier alpha value is -4.83. The lowest BCUT2D eigenvalue weighted by Gasteiger charge is -2.23. The van der Waals surface area contributed by atoms with Crippen LogP contribution in [0.1, 0.15) is 23.2 Å². The molecule has 9 nitrogen and oxygen atoms in total. The highest BCUT2D eigenvalue weighted by Gasteiger charge is 2.20. The number of halogens is 1. The monoisotopic (exact) mass is 552 g/mol. The molecule has 1 aliphatic heterocycles. The summed E-state index contributed by atoms with van der Waals surface area (Å²) in [5, 5.41) is 3.62. The summed E-state index contributed by atoms with van der Waals surface area (Å²) < 4.78 is 22.9. The maximum Gasteiger partial charge on any atom is 0.261 e. The van der Waals surface area contributed by atoms with Gasteiger partial charge in [-0.25, -0.2) is 14.4 Å². The number of anilines is 2.